The van der Waals surface area contributed by atoms with Crippen molar-refractivity contribution in [3.8, 4) is 5.75 Å². The first-order valence-corrected chi connectivity index (χ1v) is 10.1. The number of aromatic nitrogens is 1. The zero-order valence-corrected chi connectivity index (χ0v) is 16.9. The molecule has 0 spiro atoms. The molecule has 0 saturated heterocycles. The van der Waals surface area contributed by atoms with E-state index in [1.54, 1.807) is 6.20 Å². The first-order chi connectivity index (χ1) is 14.2. The van der Waals surface area contributed by atoms with Crippen LogP contribution in [0.4, 0.5) is 11.4 Å². The van der Waals surface area contributed by atoms with E-state index in [9.17, 15) is 4.79 Å². The highest BCUT2D eigenvalue weighted by Crippen LogP contribution is 2.41. The van der Waals surface area contributed by atoms with E-state index < -0.39 is 0 Å². The fourth-order valence-corrected chi connectivity index (χ4v) is 3.56. The number of rotatable bonds is 7. The number of carbonyl (C=O) groups is 1. The molecule has 0 amide bonds. The number of hydrogen-bond acceptors (Lipinski definition) is 6. The lowest BCUT2D eigenvalue weighted by molar-refractivity contribution is 0.0601. The molecule has 4 rings (SSSR count). The zero-order chi connectivity index (χ0) is 20.2. The summed E-state index contributed by atoms with van der Waals surface area (Å²) in [6.07, 6.45) is 6.90. The zero-order valence-electron chi connectivity index (χ0n) is 16.9. The van der Waals surface area contributed by atoms with Gasteiger partial charge in [0.25, 0.3) is 0 Å². The Morgan fingerprint density at radius 1 is 1.31 bits per heavy atom. The molecule has 2 heterocycles. The van der Waals surface area contributed by atoms with Crippen LogP contribution in [0.3, 0.4) is 0 Å². The van der Waals surface area contributed by atoms with E-state index in [1.807, 2.05) is 25.1 Å². The van der Waals surface area contributed by atoms with Gasteiger partial charge in [-0.15, -0.1) is 0 Å². The van der Waals surface area contributed by atoms with Gasteiger partial charge in [0.2, 0.25) is 0 Å². The van der Waals surface area contributed by atoms with Crippen LogP contribution in [-0.4, -0.2) is 37.9 Å². The van der Waals surface area contributed by atoms with E-state index in [0.717, 1.165) is 42.0 Å². The predicted molar refractivity (Wildman–Crippen MR) is 112 cm³/mol. The highest BCUT2D eigenvalue weighted by atomic mass is 16.5. The lowest BCUT2D eigenvalue weighted by atomic mass is 9.99. The van der Waals surface area contributed by atoms with Gasteiger partial charge in [-0.2, -0.15) is 0 Å². The lowest BCUT2D eigenvalue weighted by Gasteiger charge is -2.21. The van der Waals surface area contributed by atoms with Gasteiger partial charge in [-0.25, -0.2) is 4.79 Å². The van der Waals surface area contributed by atoms with E-state index in [0.29, 0.717) is 37.0 Å². The van der Waals surface area contributed by atoms with Crippen LogP contribution in [0.25, 0.3) is 5.57 Å². The van der Waals surface area contributed by atoms with Gasteiger partial charge < -0.3 is 19.5 Å². The van der Waals surface area contributed by atoms with Crippen LogP contribution in [0.5, 0.6) is 5.75 Å². The first-order valence-electron chi connectivity index (χ1n) is 10.1. The third-order valence-corrected chi connectivity index (χ3v) is 5.21. The minimum absolute atomic E-state index is 0.377. The molecule has 0 atom stereocenters. The van der Waals surface area contributed by atoms with Crippen LogP contribution in [0.1, 0.15) is 53.7 Å². The number of nitrogens with zero attached hydrogens (tertiary/aromatic N) is 1. The summed E-state index contributed by atoms with van der Waals surface area (Å²) >= 11 is 0. The van der Waals surface area contributed by atoms with Crippen LogP contribution in [-0.2, 0) is 9.47 Å². The van der Waals surface area contributed by atoms with Crippen molar-refractivity contribution in [3.63, 3.8) is 0 Å². The summed E-state index contributed by atoms with van der Waals surface area (Å²) in [6, 6.07) is 7.84. The summed E-state index contributed by atoms with van der Waals surface area (Å²) in [5, 5.41) is 3.36. The van der Waals surface area contributed by atoms with Crippen LogP contribution in [0, 0.1) is 0 Å². The van der Waals surface area contributed by atoms with Crippen LogP contribution in [0.2, 0.25) is 0 Å². The number of carbonyl (C=O) groups excluding carboxylic acids is 1. The molecule has 29 heavy (non-hydrogen) atoms. The van der Waals surface area contributed by atoms with Crippen molar-refractivity contribution in [1.82, 2.24) is 4.98 Å². The van der Waals surface area contributed by atoms with Crippen molar-refractivity contribution in [1.29, 1.82) is 0 Å². The summed E-state index contributed by atoms with van der Waals surface area (Å²) in [5.41, 5.74) is 5.09. The van der Waals surface area contributed by atoms with Gasteiger partial charge >= 0.3 is 5.97 Å². The number of nitrogens with one attached hydrogen (secondary N) is 1. The topological polar surface area (TPSA) is 69.7 Å². The number of anilines is 2. The molecular formula is C23H26N2O4. The standard InChI is InChI=1S/C23H26N2O4/c1-3-29-22-17(15-9-11-28-12-10-15)5-4-6-19(22)25-21-14-24-20(16-7-8-16)13-18(21)23(26)27-2/h4-6,9,13-14,16,25H,3,7-8,10-12H2,1-2H3. The highest BCUT2D eigenvalue weighted by Gasteiger charge is 2.27. The minimum Gasteiger partial charge on any atom is -0.491 e. The van der Waals surface area contributed by atoms with Crippen molar-refractivity contribution in [2.45, 2.75) is 32.1 Å². The number of ether oxygens (including phenoxy) is 3. The fourth-order valence-electron chi connectivity index (χ4n) is 3.56. The predicted octanol–water partition coefficient (Wildman–Crippen LogP) is 4.69. The second-order valence-electron chi connectivity index (χ2n) is 7.22. The van der Waals surface area contributed by atoms with Crippen molar-refractivity contribution in [3.05, 3.63) is 53.4 Å². The van der Waals surface area contributed by atoms with Gasteiger partial charge in [-0.1, -0.05) is 18.2 Å². The molecule has 1 aliphatic heterocycles. The summed E-state index contributed by atoms with van der Waals surface area (Å²) in [6.45, 7) is 3.81. The fraction of sp³-hybridized carbons (Fsp3) is 0.391. The number of pyridine rings is 1. The Hall–Kier alpha value is -2.86. The van der Waals surface area contributed by atoms with Gasteiger partial charge in [0.15, 0.2) is 0 Å². The SMILES string of the molecule is CCOc1c(Nc2cnc(C3CC3)cc2C(=O)OC)cccc1C1=CCOCC1. The molecule has 0 radical (unpaired) electrons. The normalized spacial score (nSPS) is 16.1. The Bertz CT molecular complexity index is 934. The Labute approximate surface area is 170 Å². The van der Waals surface area contributed by atoms with Crippen LogP contribution >= 0.6 is 0 Å². The summed E-state index contributed by atoms with van der Waals surface area (Å²) < 4.78 is 16.5. The maximum absolute atomic E-state index is 12.4. The molecule has 6 heteroatoms. The Balaban J connectivity index is 1.72. The molecule has 1 aromatic carbocycles. The van der Waals surface area contributed by atoms with Crippen LogP contribution in [0.15, 0.2) is 36.5 Å². The van der Waals surface area contributed by atoms with Gasteiger partial charge in [0, 0.05) is 17.2 Å². The summed E-state index contributed by atoms with van der Waals surface area (Å²) in [5.74, 6) is 0.846. The minimum atomic E-state index is -0.377. The monoisotopic (exact) mass is 394 g/mol. The smallest absolute Gasteiger partial charge is 0.340 e. The lowest BCUT2D eigenvalue weighted by Crippen LogP contribution is -2.10. The first kappa shape index (κ1) is 19.5. The highest BCUT2D eigenvalue weighted by molar-refractivity contribution is 5.97. The quantitative estimate of drug-likeness (QED) is 0.687. The van der Waals surface area contributed by atoms with Gasteiger partial charge in [-0.3, -0.25) is 4.98 Å². The van der Waals surface area contributed by atoms with Gasteiger partial charge in [0.05, 0.1) is 50.1 Å². The third kappa shape index (κ3) is 4.27. The third-order valence-electron chi connectivity index (χ3n) is 5.21. The van der Waals surface area contributed by atoms with E-state index in [1.165, 1.54) is 12.7 Å². The largest absolute Gasteiger partial charge is 0.491 e. The summed E-state index contributed by atoms with van der Waals surface area (Å²) in [7, 11) is 1.40. The van der Waals surface area contributed by atoms with Gasteiger partial charge in [-0.05, 0) is 43.9 Å². The maximum atomic E-state index is 12.4. The summed E-state index contributed by atoms with van der Waals surface area (Å²) in [4.78, 5) is 17.0. The van der Waals surface area contributed by atoms with Crippen LogP contribution < -0.4 is 10.1 Å². The molecule has 1 aliphatic carbocycles. The second kappa shape index (κ2) is 8.66. The molecule has 1 N–H and O–H groups in total. The van der Waals surface area contributed by atoms with Crippen molar-refractivity contribution in [2.75, 3.05) is 32.2 Å². The molecule has 2 aromatic rings. The number of methoxy groups -OCH3 is 1. The Kier molecular flexibility index (Phi) is 5.81. The number of benzene rings is 1. The molecule has 152 valence electrons. The molecule has 0 bridgehead atoms. The Morgan fingerprint density at radius 3 is 2.86 bits per heavy atom. The van der Waals surface area contributed by atoms with Crippen molar-refractivity contribution >= 4 is 22.9 Å². The average Bonchev–Trinajstić information content (AvgIpc) is 3.61. The Morgan fingerprint density at radius 2 is 2.17 bits per heavy atom. The molecule has 1 aromatic heterocycles. The van der Waals surface area contributed by atoms with E-state index in [-0.39, 0.29) is 5.97 Å². The number of hydrogen-bond donors (Lipinski definition) is 1. The number of para-hydroxylation sites is 1. The molecule has 2 aliphatic rings. The molecular weight excluding hydrogens is 368 g/mol. The maximum Gasteiger partial charge on any atom is 0.340 e. The van der Waals surface area contributed by atoms with E-state index in [2.05, 4.69) is 22.4 Å². The van der Waals surface area contributed by atoms with Crippen molar-refractivity contribution in [2.24, 2.45) is 0 Å². The molecule has 0 unspecified atom stereocenters. The average molecular weight is 394 g/mol. The van der Waals surface area contributed by atoms with E-state index in [4.69, 9.17) is 14.2 Å². The van der Waals surface area contributed by atoms with Gasteiger partial charge in [0.1, 0.15) is 5.75 Å². The number of esters is 1. The van der Waals surface area contributed by atoms with E-state index >= 15 is 0 Å². The molecule has 1 fully saturated rings. The second-order valence-corrected chi connectivity index (χ2v) is 7.22. The van der Waals surface area contributed by atoms with Crippen molar-refractivity contribution < 1.29 is 19.0 Å². The molecule has 1 saturated carbocycles. The molecule has 6 nitrogen and oxygen atoms in total.